The van der Waals surface area contributed by atoms with Crippen LogP contribution in [0.2, 0.25) is 0 Å². The van der Waals surface area contributed by atoms with Gasteiger partial charge in [0.15, 0.2) is 0 Å². The van der Waals surface area contributed by atoms with E-state index in [1.54, 1.807) is 0 Å². The summed E-state index contributed by atoms with van der Waals surface area (Å²) in [6.07, 6.45) is 4.01. The van der Waals surface area contributed by atoms with E-state index in [0.717, 1.165) is 6.54 Å². The van der Waals surface area contributed by atoms with Gasteiger partial charge in [-0.15, -0.1) is 11.3 Å². The van der Waals surface area contributed by atoms with Crippen LogP contribution < -0.4 is 5.73 Å². The van der Waals surface area contributed by atoms with Crippen molar-refractivity contribution in [3.05, 3.63) is 21.9 Å². The Bertz CT molecular complexity index is 351. The summed E-state index contributed by atoms with van der Waals surface area (Å²) in [5.41, 5.74) is 6.24. The van der Waals surface area contributed by atoms with E-state index in [1.807, 2.05) is 11.3 Å². The van der Waals surface area contributed by atoms with Crippen LogP contribution in [0.4, 0.5) is 0 Å². The predicted molar refractivity (Wildman–Crippen MR) is 75.1 cm³/mol. The zero-order valence-electron chi connectivity index (χ0n) is 11.0. The molecule has 17 heavy (non-hydrogen) atoms. The normalized spacial score (nSPS) is 20.6. The summed E-state index contributed by atoms with van der Waals surface area (Å²) in [5.74, 6) is 0. The zero-order valence-corrected chi connectivity index (χ0v) is 11.9. The molecule has 1 aromatic heterocycles. The summed E-state index contributed by atoms with van der Waals surface area (Å²) in [6, 6.07) is 4.40. The van der Waals surface area contributed by atoms with Crippen molar-refractivity contribution >= 4 is 11.3 Å². The van der Waals surface area contributed by atoms with Gasteiger partial charge in [0.2, 0.25) is 0 Å². The molecule has 0 unspecified atom stereocenters. The first-order chi connectivity index (χ1) is 8.15. The van der Waals surface area contributed by atoms with Gasteiger partial charge in [-0.2, -0.15) is 0 Å². The lowest BCUT2D eigenvalue weighted by Gasteiger charge is -2.38. The third-order valence-electron chi connectivity index (χ3n) is 4.21. The Morgan fingerprint density at radius 2 is 1.94 bits per heavy atom. The maximum atomic E-state index is 5.65. The summed E-state index contributed by atoms with van der Waals surface area (Å²) < 4.78 is 0. The number of likely N-dealkylation sites (tertiary alicyclic amines) is 1. The summed E-state index contributed by atoms with van der Waals surface area (Å²) in [4.78, 5) is 5.35. The highest BCUT2D eigenvalue weighted by atomic mass is 32.1. The number of nitrogens with two attached hydrogens (primary N) is 1. The Kier molecular flexibility index (Phi) is 4.23. The molecule has 0 amide bonds. The van der Waals surface area contributed by atoms with Crippen LogP contribution in [0.25, 0.3) is 0 Å². The monoisotopic (exact) mass is 252 g/mol. The minimum Gasteiger partial charge on any atom is -0.326 e. The average molecular weight is 252 g/mol. The molecule has 3 heteroatoms. The molecule has 2 rings (SSSR count). The lowest BCUT2D eigenvalue weighted by Crippen LogP contribution is -2.37. The molecule has 1 aliphatic heterocycles. The average Bonchev–Trinajstić information content (AvgIpc) is 2.80. The topological polar surface area (TPSA) is 29.3 Å². The maximum absolute atomic E-state index is 5.65. The second kappa shape index (κ2) is 5.51. The van der Waals surface area contributed by atoms with Gasteiger partial charge in [-0.25, -0.2) is 0 Å². The Morgan fingerprint density at radius 1 is 1.29 bits per heavy atom. The molecule has 1 aromatic rings. The first-order valence-electron chi connectivity index (χ1n) is 6.65. The van der Waals surface area contributed by atoms with E-state index in [1.165, 1.54) is 42.1 Å². The maximum Gasteiger partial charge on any atom is 0.0328 e. The van der Waals surface area contributed by atoms with Crippen LogP contribution in [0, 0.1) is 5.41 Å². The summed E-state index contributed by atoms with van der Waals surface area (Å²) in [6.45, 7) is 9.05. The second-order valence-electron chi connectivity index (χ2n) is 5.51. The van der Waals surface area contributed by atoms with E-state index in [2.05, 4.69) is 30.9 Å². The fraction of sp³-hybridized carbons (Fsp3) is 0.714. The van der Waals surface area contributed by atoms with Crippen molar-refractivity contribution in [2.24, 2.45) is 11.1 Å². The van der Waals surface area contributed by atoms with Gasteiger partial charge < -0.3 is 5.73 Å². The fourth-order valence-corrected chi connectivity index (χ4v) is 3.38. The molecule has 0 atom stereocenters. The molecular weight excluding hydrogens is 228 g/mol. The molecule has 1 fully saturated rings. The third kappa shape index (κ3) is 3.30. The molecule has 96 valence electrons. The SMILES string of the molecule is CCC1(C)CCN(Cc2ccc(CN)s2)CC1. The smallest absolute Gasteiger partial charge is 0.0328 e. The number of hydrogen-bond donors (Lipinski definition) is 1. The van der Waals surface area contributed by atoms with Crippen molar-refractivity contribution in [3.63, 3.8) is 0 Å². The zero-order chi connectivity index (χ0) is 12.3. The molecule has 0 saturated carbocycles. The van der Waals surface area contributed by atoms with Crippen molar-refractivity contribution in [1.29, 1.82) is 0 Å². The Labute approximate surface area is 109 Å². The summed E-state index contributed by atoms with van der Waals surface area (Å²) in [7, 11) is 0. The van der Waals surface area contributed by atoms with Crippen molar-refractivity contribution < 1.29 is 0 Å². The Balaban J connectivity index is 1.85. The molecule has 0 spiro atoms. The second-order valence-corrected chi connectivity index (χ2v) is 6.77. The predicted octanol–water partition coefficient (Wildman–Crippen LogP) is 3.22. The van der Waals surface area contributed by atoms with Crippen LogP contribution in [-0.2, 0) is 13.1 Å². The Morgan fingerprint density at radius 3 is 2.47 bits per heavy atom. The van der Waals surface area contributed by atoms with Crippen LogP contribution in [0.5, 0.6) is 0 Å². The first kappa shape index (κ1) is 13.1. The molecule has 2 nitrogen and oxygen atoms in total. The van der Waals surface area contributed by atoms with Crippen LogP contribution >= 0.6 is 11.3 Å². The van der Waals surface area contributed by atoms with Gasteiger partial charge in [-0.1, -0.05) is 20.3 Å². The fourth-order valence-electron chi connectivity index (χ4n) is 2.44. The number of rotatable bonds is 4. The van der Waals surface area contributed by atoms with Crippen molar-refractivity contribution in [1.82, 2.24) is 4.90 Å². The molecule has 2 heterocycles. The van der Waals surface area contributed by atoms with Crippen molar-refractivity contribution in [2.75, 3.05) is 13.1 Å². The van der Waals surface area contributed by atoms with Crippen molar-refractivity contribution in [2.45, 2.75) is 46.2 Å². The van der Waals surface area contributed by atoms with E-state index in [0.29, 0.717) is 12.0 Å². The lowest BCUT2D eigenvalue weighted by atomic mass is 9.78. The lowest BCUT2D eigenvalue weighted by molar-refractivity contribution is 0.110. The van der Waals surface area contributed by atoms with Crippen LogP contribution in [0.1, 0.15) is 42.9 Å². The molecular formula is C14H24N2S. The van der Waals surface area contributed by atoms with Gasteiger partial charge in [-0.3, -0.25) is 4.90 Å². The number of hydrogen-bond acceptors (Lipinski definition) is 3. The number of thiophene rings is 1. The standard InChI is InChI=1S/C14H24N2S/c1-3-14(2)6-8-16(9-7-14)11-13-5-4-12(10-15)17-13/h4-5H,3,6-11,15H2,1-2H3. The minimum absolute atomic E-state index is 0.592. The van der Waals surface area contributed by atoms with Gasteiger partial charge >= 0.3 is 0 Å². The highest BCUT2D eigenvalue weighted by molar-refractivity contribution is 7.11. The summed E-state index contributed by atoms with van der Waals surface area (Å²) >= 11 is 1.87. The van der Waals surface area contributed by atoms with E-state index in [9.17, 15) is 0 Å². The first-order valence-corrected chi connectivity index (χ1v) is 7.47. The minimum atomic E-state index is 0.592. The van der Waals surface area contributed by atoms with Crippen LogP contribution in [-0.4, -0.2) is 18.0 Å². The van der Waals surface area contributed by atoms with E-state index < -0.39 is 0 Å². The molecule has 0 bridgehead atoms. The Hall–Kier alpha value is -0.380. The van der Waals surface area contributed by atoms with Gasteiger partial charge in [-0.05, 0) is 43.5 Å². The molecule has 0 aliphatic carbocycles. The van der Waals surface area contributed by atoms with Gasteiger partial charge in [0, 0.05) is 22.8 Å². The van der Waals surface area contributed by atoms with Crippen molar-refractivity contribution in [3.8, 4) is 0 Å². The van der Waals surface area contributed by atoms with E-state index in [-0.39, 0.29) is 0 Å². The molecule has 1 saturated heterocycles. The van der Waals surface area contributed by atoms with Crippen LogP contribution in [0.3, 0.4) is 0 Å². The highest BCUT2D eigenvalue weighted by Crippen LogP contribution is 2.34. The molecule has 1 aliphatic rings. The molecule has 0 aromatic carbocycles. The highest BCUT2D eigenvalue weighted by Gasteiger charge is 2.28. The van der Waals surface area contributed by atoms with E-state index in [4.69, 9.17) is 5.73 Å². The van der Waals surface area contributed by atoms with Crippen LogP contribution in [0.15, 0.2) is 12.1 Å². The molecule has 0 radical (unpaired) electrons. The quantitative estimate of drug-likeness (QED) is 0.891. The van der Waals surface area contributed by atoms with Gasteiger partial charge in [0.05, 0.1) is 0 Å². The van der Waals surface area contributed by atoms with Gasteiger partial charge in [0.25, 0.3) is 0 Å². The molecule has 2 N–H and O–H groups in total. The third-order valence-corrected chi connectivity index (χ3v) is 5.31. The van der Waals surface area contributed by atoms with Gasteiger partial charge in [0.1, 0.15) is 0 Å². The number of piperidine rings is 1. The summed E-state index contributed by atoms with van der Waals surface area (Å²) in [5, 5.41) is 0. The largest absolute Gasteiger partial charge is 0.326 e. The van der Waals surface area contributed by atoms with E-state index >= 15 is 0 Å². The number of nitrogens with zero attached hydrogens (tertiary/aromatic N) is 1.